The third kappa shape index (κ3) is 3.25. The third-order valence-corrected chi connectivity index (χ3v) is 4.01. The van der Waals surface area contributed by atoms with Crippen LogP contribution in [0.3, 0.4) is 0 Å². The lowest BCUT2D eigenvalue weighted by atomic mass is 10.2. The highest BCUT2D eigenvalue weighted by Gasteiger charge is 2.42. The first-order valence-electron chi connectivity index (χ1n) is 5.66. The summed E-state index contributed by atoms with van der Waals surface area (Å²) in [6, 6.07) is 11.3. The van der Waals surface area contributed by atoms with E-state index in [0.717, 1.165) is 0 Å². The maximum Gasteiger partial charge on any atom is 0.0279 e. The molecule has 1 nitrogen and oxygen atoms in total. The molecule has 0 unspecified atom stereocenters. The van der Waals surface area contributed by atoms with Gasteiger partial charge < -0.3 is 5.32 Å². The van der Waals surface area contributed by atoms with Gasteiger partial charge in [0, 0.05) is 22.2 Å². The predicted molar refractivity (Wildman–Crippen MR) is 67.4 cm³/mol. The fourth-order valence-corrected chi connectivity index (χ4v) is 3.00. The van der Waals surface area contributed by atoms with Gasteiger partial charge in [-0.15, -0.1) is 11.8 Å². The van der Waals surface area contributed by atoms with E-state index in [1.165, 1.54) is 23.5 Å². The highest BCUT2D eigenvalue weighted by atomic mass is 32.2. The number of hydrogen-bond donors (Lipinski definition) is 1. The van der Waals surface area contributed by atoms with Crippen LogP contribution in [0.4, 0.5) is 0 Å². The van der Waals surface area contributed by atoms with Gasteiger partial charge in [0.15, 0.2) is 0 Å². The Balaban J connectivity index is 1.83. The number of rotatable bonds is 5. The van der Waals surface area contributed by atoms with Gasteiger partial charge in [0.1, 0.15) is 0 Å². The zero-order valence-electron chi connectivity index (χ0n) is 9.49. The van der Waals surface area contributed by atoms with Crippen molar-refractivity contribution in [2.45, 2.75) is 43.2 Å². The molecule has 2 heteroatoms. The van der Waals surface area contributed by atoms with Gasteiger partial charge in [0.05, 0.1) is 0 Å². The topological polar surface area (TPSA) is 12.0 Å². The summed E-state index contributed by atoms with van der Waals surface area (Å²) in [5.74, 6) is 1.20. The van der Waals surface area contributed by atoms with E-state index in [1.807, 2.05) is 11.8 Å². The zero-order valence-corrected chi connectivity index (χ0v) is 10.3. The lowest BCUT2D eigenvalue weighted by Gasteiger charge is -2.19. The van der Waals surface area contributed by atoms with Gasteiger partial charge in [-0.25, -0.2) is 0 Å². The molecular weight excluding hydrogens is 202 g/mol. The van der Waals surface area contributed by atoms with Crippen molar-refractivity contribution in [1.29, 1.82) is 0 Å². The summed E-state index contributed by atoms with van der Waals surface area (Å²) in [4.78, 5) is 1.38. The molecule has 1 aromatic rings. The van der Waals surface area contributed by atoms with E-state index in [9.17, 15) is 0 Å². The summed E-state index contributed by atoms with van der Waals surface area (Å²) in [5.41, 5.74) is 0.439. The number of thioether (sulfide) groups is 1. The zero-order chi connectivity index (χ0) is 10.7. The van der Waals surface area contributed by atoms with Crippen molar-refractivity contribution in [3.8, 4) is 0 Å². The quantitative estimate of drug-likeness (QED) is 0.766. The van der Waals surface area contributed by atoms with Gasteiger partial charge in [-0.2, -0.15) is 0 Å². The number of nitrogens with one attached hydrogen (secondary N) is 1. The molecule has 0 atom stereocenters. The molecule has 0 bridgehead atoms. The van der Waals surface area contributed by atoms with Crippen molar-refractivity contribution >= 4 is 11.8 Å². The van der Waals surface area contributed by atoms with E-state index in [1.54, 1.807) is 0 Å². The van der Waals surface area contributed by atoms with Crippen LogP contribution in [0.1, 0.15) is 26.7 Å². The summed E-state index contributed by atoms with van der Waals surface area (Å²) >= 11 is 1.97. The second-order valence-electron chi connectivity index (χ2n) is 4.68. The molecule has 82 valence electrons. The van der Waals surface area contributed by atoms with Crippen LogP contribution in [-0.4, -0.2) is 17.3 Å². The first kappa shape index (κ1) is 11.0. The van der Waals surface area contributed by atoms with Crippen molar-refractivity contribution in [2.75, 3.05) is 5.75 Å². The molecule has 15 heavy (non-hydrogen) atoms. The Bertz CT molecular complexity index is 304. The Morgan fingerprint density at radius 2 is 1.93 bits per heavy atom. The van der Waals surface area contributed by atoms with Crippen molar-refractivity contribution in [3.63, 3.8) is 0 Å². The lowest BCUT2D eigenvalue weighted by molar-refractivity contribution is 0.483. The van der Waals surface area contributed by atoms with Crippen LogP contribution >= 0.6 is 11.8 Å². The van der Waals surface area contributed by atoms with Crippen LogP contribution < -0.4 is 5.32 Å². The Labute approximate surface area is 96.7 Å². The minimum absolute atomic E-state index is 0.439. The molecule has 1 aliphatic rings. The molecule has 1 N–H and O–H groups in total. The molecule has 2 rings (SSSR count). The largest absolute Gasteiger partial charge is 0.308 e. The first-order valence-corrected chi connectivity index (χ1v) is 6.64. The highest BCUT2D eigenvalue weighted by molar-refractivity contribution is 7.99. The molecular formula is C13H19NS. The van der Waals surface area contributed by atoms with Gasteiger partial charge in [0.2, 0.25) is 0 Å². The second-order valence-corrected chi connectivity index (χ2v) is 5.73. The normalized spacial score (nSPS) is 18.1. The fraction of sp³-hybridized carbons (Fsp3) is 0.538. The minimum Gasteiger partial charge on any atom is -0.308 e. The second kappa shape index (κ2) is 4.58. The maximum absolute atomic E-state index is 3.68. The van der Waals surface area contributed by atoms with Gasteiger partial charge >= 0.3 is 0 Å². The lowest BCUT2D eigenvalue weighted by Crippen LogP contribution is -2.38. The fourth-order valence-electron chi connectivity index (χ4n) is 1.83. The van der Waals surface area contributed by atoms with Gasteiger partial charge in [-0.05, 0) is 25.0 Å². The smallest absolute Gasteiger partial charge is 0.0279 e. The molecule has 0 aromatic heterocycles. The molecule has 0 radical (unpaired) electrons. The average molecular weight is 221 g/mol. The van der Waals surface area contributed by atoms with Crippen LogP contribution in [0.5, 0.6) is 0 Å². The Morgan fingerprint density at radius 3 is 2.47 bits per heavy atom. The average Bonchev–Trinajstić information content (AvgIpc) is 2.96. The summed E-state index contributed by atoms with van der Waals surface area (Å²) in [6.07, 6.45) is 2.68. The highest BCUT2D eigenvalue weighted by Crippen LogP contribution is 2.40. The van der Waals surface area contributed by atoms with E-state index in [4.69, 9.17) is 0 Å². The van der Waals surface area contributed by atoms with Crippen LogP contribution in [-0.2, 0) is 0 Å². The Hall–Kier alpha value is -0.470. The van der Waals surface area contributed by atoms with Crippen LogP contribution in [0.15, 0.2) is 35.2 Å². The van der Waals surface area contributed by atoms with E-state index in [0.29, 0.717) is 11.6 Å². The third-order valence-electron chi connectivity index (χ3n) is 2.71. The molecule has 0 heterocycles. The molecule has 1 aromatic carbocycles. The summed E-state index contributed by atoms with van der Waals surface area (Å²) in [6.45, 7) is 4.46. The number of benzene rings is 1. The van der Waals surface area contributed by atoms with Crippen LogP contribution in [0.2, 0.25) is 0 Å². The molecule has 1 aliphatic carbocycles. The van der Waals surface area contributed by atoms with E-state index in [-0.39, 0.29) is 0 Å². The van der Waals surface area contributed by atoms with Crippen molar-refractivity contribution in [1.82, 2.24) is 5.32 Å². The molecule has 0 amide bonds. The van der Waals surface area contributed by atoms with Crippen molar-refractivity contribution in [2.24, 2.45) is 0 Å². The standard InChI is InChI=1S/C13H19NS/c1-11(2)14-13(8-9-13)10-15-12-6-4-3-5-7-12/h3-7,11,14H,8-10H2,1-2H3. The van der Waals surface area contributed by atoms with E-state index in [2.05, 4.69) is 49.5 Å². The molecule has 1 saturated carbocycles. The predicted octanol–water partition coefficient (Wildman–Crippen LogP) is 3.31. The van der Waals surface area contributed by atoms with E-state index >= 15 is 0 Å². The summed E-state index contributed by atoms with van der Waals surface area (Å²) in [5, 5.41) is 3.68. The molecule has 0 aliphatic heterocycles. The number of hydrogen-bond acceptors (Lipinski definition) is 2. The van der Waals surface area contributed by atoms with Gasteiger partial charge in [0.25, 0.3) is 0 Å². The maximum atomic E-state index is 3.68. The summed E-state index contributed by atoms with van der Waals surface area (Å²) in [7, 11) is 0. The van der Waals surface area contributed by atoms with Crippen molar-refractivity contribution in [3.05, 3.63) is 30.3 Å². The van der Waals surface area contributed by atoms with Crippen LogP contribution in [0, 0.1) is 0 Å². The van der Waals surface area contributed by atoms with Gasteiger partial charge in [-0.3, -0.25) is 0 Å². The Kier molecular flexibility index (Phi) is 3.37. The van der Waals surface area contributed by atoms with Crippen LogP contribution in [0.25, 0.3) is 0 Å². The SMILES string of the molecule is CC(C)NC1(CSc2ccccc2)CC1. The molecule has 0 saturated heterocycles. The van der Waals surface area contributed by atoms with Crippen molar-refractivity contribution < 1.29 is 0 Å². The monoisotopic (exact) mass is 221 g/mol. The molecule has 1 fully saturated rings. The summed E-state index contributed by atoms with van der Waals surface area (Å²) < 4.78 is 0. The Morgan fingerprint density at radius 1 is 1.27 bits per heavy atom. The van der Waals surface area contributed by atoms with Gasteiger partial charge in [-0.1, -0.05) is 32.0 Å². The minimum atomic E-state index is 0.439. The first-order chi connectivity index (χ1) is 7.20. The molecule has 0 spiro atoms. The van der Waals surface area contributed by atoms with E-state index < -0.39 is 0 Å².